The highest BCUT2D eigenvalue weighted by atomic mass is 19.1. The van der Waals surface area contributed by atoms with Crippen molar-refractivity contribution in [2.45, 2.75) is 97.4 Å². The first kappa shape index (κ1) is 32.6. The van der Waals surface area contributed by atoms with Gasteiger partial charge < -0.3 is 25.8 Å². The first-order valence-corrected chi connectivity index (χ1v) is 14.4. The maximum atomic E-state index is 15.3. The van der Waals surface area contributed by atoms with Gasteiger partial charge in [-0.15, -0.1) is 0 Å². The van der Waals surface area contributed by atoms with Crippen LogP contribution < -0.4 is 16.0 Å². The molecule has 3 atom stereocenters. The molecule has 1 aliphatic carbocycles. The zero-order valence-electron chi connectivity index (χ0n) is 25.1. The summed E-state index contributed by atoms with van der Waals surface area (Å²) in [6.45, 7) is 11.0. The number of anilines is 1. The predicted molar refractivity (Wildman–Crippen MR) is 155 cm³/mol. The normalized spacial score (nSPS) is 19.2. The highest BCUT2D eigenvalue weighted by molar-refractivity contribution is 6.00. The van der Waals surface area contributed by atoms with Crippen molar-refractivity contribution >= 4 is 29.6 Å². The number of nitrogens with one attached hydrogen (secondary N) is 3. The highest BCUT2D eigenvalue weighted by Gasteiger charge is 2.34. The Morgan fingerprint density at radius 2 is 1.79 bits per heavy atom. The van der Waals surface area contributed by atoms with E-state index in [1.807, 2.05) is 6.92 Å². The third kappa shape index (κ3) is 8.53. The highest BCUT2D eigenvalue weighted by Crippen LogP contribution is 2.32. The molecule has 3 amide bonds. The number of carboxylic acids is 1. The molecule has 0 radical (unpaired) electrons. The molecule has 42 heavy (non-hydrogen) atoms. The molecule has 1 aliphatic rings. The minimum absolute atomic E-state index is 0.107. The molecular formula is C30H42FN5O6. The van der Waals surface area contributed by atoms with E-state index in [4.69, 9.17) is 4.74 Å². The van der Waals surface area contributed by atoms with Gasteiger partial charge in [0.2, 0.25) is 5.91 Å². The van der Waals surface area contributed by atoms with Crippen LogP contribution in [0.25, 0.3) is 0 Å². The maximum absolute atomic E-state index is 15.3. The zero-order chi connectivity index (χ0) is 31.2. The van der Waals surface area contributed by atoms with Crippen LogP contribution in [-0.4, -0.2) is 56.4 Å². The van der Waals surface area contributed by atoms with E-state index in [0.717, 1.165) is 31.7 Å². The number of amides is 3. The van der Waals surface area contributed by atoms with Gasteiger partial charge in [-0.2, -0.15) is 5.10 Å². The van der Waals surface area contributed by atoms with Crippen molar-refractivity contribution in [1.82, 2.24) is 20.4 Å². The van der Waals surface area contributed by atoms with E-state index in [0.29, 0.717) is 23.7 Å². The fraction of sp³-hybridized carbons (Fsp3) is 0.567. The van der Waals surface area contributed by atoms with E-state index < -0.39 is 53.3 Å². The Hall–Kier alpha value is -3.96. The van der Waals surface area contributed by atoms with E-state index in [-0.39, 0.29) is 11.6 Å². The number of rotatable bonds is 10. The maximum Gasteiger partial charge on any atom is 0.408 e. The van der Waals surface area contributed by atoms with Crippen LogP contribution in [0.15, 0.2) is 30.5 Å². The molecule has 0 saturated heterocycles. The molecule has 1 saturated carbocycles. The summed E-state index contributed by atoms with van der Waals surface area (Å²) in [7, 11) is 0. The van der Waals surface area contributed by atoms with Gasteiger partial charge >= 0.3 is 12.1 Å². The van der Waals surface area contributed by atoms with Crippen molar-refractivity contribution in [3.05, 3.63) is 47.5 Å². The number of nitrogens with zero attached hydrogens (tertiary/aromatic N) is 2. The van der Waals surface area contributed by atoms with Crippen molar-refractivity contribution in [2.24, 2.45) is 11.8 Å². The minimum Gasteiger partial charge on any atom is -0.480 e. The number of halogens is 1. The third-order valence-electron chi connectivity index (χ3n) is 7.56. The summed E-state index contributed by atoms with van der Waals surface area (Å²) in [6.07, 6.45) is 3.93. The van der Waals surface area contributed by atoms with Crippen LogP contribution in [0.5, 0.6) is 0 Å². The summed E-state index contributed by atoms with van der Waals surface area (Å²) in [5, 5.41) is 21.6. The first-order valence-electron chi connectivity index (χ1n) is 14.4. The van der Waals surface area contributed by atoms with Crippen LogP contribution in [0, 0.1) is 17.7 Å². The average molecular weight is 588 g/mol. The Bertz CT molecular complexity index is 1280. The fourth-order valence-electron chi connectivity index (χ4n) is 5.16. The second-order valence-electron chi connectivity index (χ2n) is 12.0. The number of carbonyl (C=O) groups excluding carboxylic acids is 3. The summed E-state index contributed by atoms with van der Waals surface area (Å²) in [6, 6.07) is 3.27. The molecule has 0 spiro atoms. The molecule has 0 aliphatic heterocycles. The van der Waals surface area contributed by atoms with Crippen LogP contribution in [0.3, 0.4) is 0 Å². The van der Waals surface area contributed by atoms with E-state index in [9.17, 15) is 24.3 Å². The molecule has 3 rings (SSSR count). The number of alkyl carbamates (subject to hydrolysis) is 1. The van der Waals surface area contributed by atoms with Gasteiger partial charge in [0.1, 0.15) is 29.2 Å². The van der Waals surface area contributed by atoms with E-state index in [2.05, 4.69) is 28.0 Å². The number of hydrogen-bond acceptors (Lipinski definition) is 6. The quantitative estimate of drug-likeness (QED) is 0.315. The van der Waals surface area contributed by atoms with Gasteiger partial charge in [-0.1, -0.05) is 32.8 Å². The number of aromatic nitrogens is 2. The summed E-state index contributed by atoms with van der Waals surface area (Å²) in [5.74, 6) is -3.49. The molecular weight excluding hydrogens is 545 g/mol. The Balaban J connectivity index is 1.78. The SMILES string of the molecule is CCn1nccc1C(=O)N[C@H](C(=O)Nc1ccc([C@H](C)[C@@H](NC(=O)OC(C)(C)C)C(=O)O)cc1F)[C@H]1CC[C@H](C)CC1. The molecule has 2 aromatic rings. The van der Waals surface area contributed by atoms with Gasteiger partial charge in [0.25, 0.3) is 5.91 Å². The van der Waals surface area contributed by atoms with Gasteiger partial charge in [0.05, 0.1) is 5.69 Å². The Morgan fingerprint density at radius 3 is 2.36 bits per heavy atom. The van der Waals surface area contributed by atoms with Crippen LogP contribution in [0.1, 0.15) is 89.2 Å². The van der Waals surface area contributed by atoms with Gasteiger partial charge in [-0.3, -0.25) is 14.3 Å². The van der Waals surface area contributed by atoms with Crippen molar-refractivity contribution in [2.75, 3.05) is 5.32 Å². The van der Waals surface area contributed by atoms with Crippen molar-refractivity contribution in [3.63, 3.8) is 0 Å². The lowest BCUT2D eigenvalue weighted by Crippen LogP contribution is -2.49. The van der Waals surface area contributed by atoms with Crippen LogP contribution >= 0.6 is 0 Å². The van der Waals surface area contributed by atoms with Gasteiger partial charge in [-0.25, -0.2) is 14.0 Å². The van der Waals surface area contributed by atoms with Crippen molar-refractivity contribution < 1.29 is 33.4 Å². The summed E-state index contributed by atoms with van der Waals surface area (Å²) < 4.78 is 22.0. The molecule has 1 aromatic heterocycles. The Labute approximate surface area is 245 Å². The molecule has 1 fully saturated rings. The molecule has 11 nitrogen and oxygen atoms in total. The number of carbonyl (C=O) groups is 4. The zero-order valence-corrected chi connectivity index (χ0v) is 25.1. The summed E-state index contributed by atoms with van der Waals surface area (Å²) in [5.41, 5.74) is -0.304. The van der Waals surface area contributed by atoms with Gasteiger partial charge in [0, 0.05) is 18.7 Å². The number of aliphatic carboxylic acids is 1. The molecule has 1 aromatic carbocycles. The smallest absolute Gasteiger partial charge is 0.408 e. The molecule has 230 valence electrons. The number of hydrogen-bond donors (Lipinski definition) is 4. The number of benzene rings is 1. The van der Waals surface area contributed by atoms with E-state index in [1.165, 1.54) is 23.0 Å². The lowest BCUT2D eigenvalue weighted by molar-refractivity contribution is -0.140. The topological polar surface area (TPSA) is 152 Å². The van der Waals surface area contributed by atoms with E-state index >= 15 is 4.39 Å². The molecule has 0 bridgehead atoms. The van der Waals surface area contributed by atoms with Gasteiger partial charge in [-0.05, 0) is 76.1 Å². The number of carboxylic acid groups (broad SMARTS) is 1. The second-order valence-corrected chi connectivity index (χ2v) is 12.0. The first-order chi connectivity index (χ1) is 19.7. The fourth-order valence-corrected chi connectivity index (χ4v) is 5.16. The second kappa shape index (κ2) is 13.8. The predicted octanol–water partition coefficient (Wildman–Crippen LogP) is 4.69. The van der Waals surface area contributed by atoms with Crippen LogP contribution in [0.4, 0.5) is 14.9 Å². The third-order valence-corrected chi connectivity index (χ3v) is 7.56. The Kier molecular flexibility index (Phi) is 10.7. The molecule has 1 heterocycles. The van der Waals surface area contributed by atoms with Crippen molar-refractivity contribution in [1.29, 1.82) is 0 Å². The summed E-state index contributed by atoms with van der Waals surface area (Å²) >= 11 is 0. The lowest BCUT2D eigenvalue weighted by atomic mass is 9.79. The molecule has 0 unspecified atom stereocenters. The number of ether oxygens (including phenoxy) is 1. The monoisotopic (exact) mass is 587 g/mol. The lowest BCUT2D eigenvalue weighted by Gasteiger charge is -2.32. The van der Waals surface area contributed by atoms with Crippen molar-refractivity contribution in [3.8, 4) is 0 Å². The number of aryl methyl sites for hydroxylation is 1. The molecule has 4 N–H and O–H groups in total. The van der Waals surface area contributed by atoms with E-state index in [1.54, 1.807) is 33.8 Å². The van der Waals surface area contributed by atoms with Crippen LogP contribution in [-0.2, 0) is 20.9 Å². The standard InChI is InChI=1S/C30H42FN5O6/c1-7-36-23(14-15-32-36)26(37)34-25(19-10-8-17(2)9-11-19)27(38)33-22-13-12-20(16-21(22)31)18(3)24(28(39)40)35-29(41)42-30(4,5)6/h12-19,24-25H,7-11H2,1-6H3,(H,33,38)(H,34,37)(H,35,41)(H,39,40)/t17-,18-,19-,24+,25-/m0/s1. The largest absolute Gasteiger partial charge is 0.480 e. The Morgan fingerprint density at radius 1 is 1.12 bits per heavy atom. The average Bonchev–Trinajstić information content (AvgIpc) is 3.39. The minimum atomic E-state index is -1.38. The van der Waals surface area contributed by atoms with Crippen LogP contribution in [0.2, 0.25) is 0 Å². The summed E-state index contributed by atoms with van der Waals surface area (Å²) in [4.78, 5) is 50.7. The molecule has 12 heteroatoms. The van der Waals surface area contributed by atoms with Gasteiger partial charge in [0.15, 0.2) is 0 Å².